The topological polar surface area (TPSA) is 62.3 Å². The van der Waals surface area contributed by atoms with Crippen LogP contribution in [0.15, 0.2) is 18.2 Å². The van der Waals surface area contributed by atoms with Crippen molar-refractivity contribution >= 4 is 0 Å². The number of ether oxygens (including phenoxy) is 1. The number of hydrogen-bond acceptors (Lipinski definition) is 4. The van der Waals surface area contributed by atoms with Crippen LogP contribution in [0.4, 0.5) is 4.39 Å². The first-order valence-corrected chi connectivity index (χ1v) is 6.96. The van der Waals surface area contributed by atoms with Crippen LogP contribution in [-0.4, -0.2) is 37.2 Å². The third kappa shape index (κ3) is 2.98. The fourth-order valence-electron chi connectivity index (χ4n) is 2.76. The fraction of sp³-hybridized carbons (Fsp3) is 0.533. The van der Waals surface area contributed by atoms with E-state index in [-0.39, 0.29) is 17.7 Å². The van der Waals surface area contributed by atoms with Crippen molar-refractivity contribution in [2.45, 2.75) is 25.5 Å². The smallest absolute Gasteiger partial charge is 0.140 e. The number of rotatable bonds is 4. The lowest BCUT2D eigenvalue weighted by Crippen LogP contribution is -2.48. The number of nitriles is 1. The van der Waals surface area contributed by atoms with Crippen LogP contribution in [0.3, 0.4) is 0 Å². The van der Waals surface area contributed by atoms with Gasteiger partial charge in [0.15, 0.2) is 0 Å². The van der Waals surface area contributed by atoms with Gasteiger partial charge >= 0.3 is 0 Å². The third-order valence-electron chi connectivity index (χ3n) is 3.65. The minimum absolute atomic E-state index is 0.0126. The standard InChI is InChI=1S/C15H20FN3O/c1-2-5-19-6-7-20-14(10-18)15(19)11-3-4-13(16)12(8-11)9-17/h3-4,8,14-15H,2,5-7,10,18H2,1H3. The summed E-state index contributed by atoms with van der Waals surface area (Å²) < 4.78 is 19.2. The molecule has 1 aromatic rings. The molecule has 1 saturated heterocycles. The number of hydrogen-bond donors (Lipinski definition) is 1. The summed E-state index contributed by atoms with van der Waals surface area (Å²) in [6.07, 6.45) is 0.910. The normalized spacial score (nSPS) is 23.5. The van der Waals surface area contributed by atoms with Crippen LogP contribution in [0, 0.1) is 17.1 Å². The molecule has 1 aromatic carbocycles. The van der Waals surface area contributed by atoms with Crippen LogP contribution in [-0.2, 0) is 4.74 Å². The molecule has 0 bridgehead atoms. The minimum atomic E-state index is -0.487. The van der Waals surface area contributed by atoms with Crippen LogP contribution in [0.1, 0.15) is 30.5 Å². The first-order chi connectivity index (χ1) is 9.71. The van der Waals surface area contributed by atoms with E-state index in [1.807, 2.05) is 6.07 Å². The van der Waals surface area contributed by atoms with Crippen molar-refractivity contribution in [1.29, 1.82) is 5.26 Å². The molecular weight excluding hydrogens is 257 g/mol. The summed E-state index contributed by atoms with van der Waals surface area (Å²) in [6.45, 7) is 4.95. The van der Waals surface area contributed by atoms with Gasteiger partial charge in [-0.05, 0) is 30.7 Å². The predicted molar refractivity (Wildman–Crippen MR) is 74.5 cm³/mol. The number of halogens is 1. The van der Waals surface area contributed by atoms with E-state index in [4.69, 9.17) is 15.7 Å². The average Bonchev–Trinajstić information content (AvgIpc) is 2.48. The molecule has 0 aliphatic carbocycles. The van der Waals surface area contributed by atoms with Gasteiger partial charge in [0, 0.05) is 13.1 Å². The summed E-state index contributed by atoms with van der Waals surface area (Å²) in [7, 11) is 0. The summed E-state index contributed by atoms with van der Waals surface area (Å²) in [6, 6.07) is 6.56. The van der Waals surface area contributed by atoms with E-state index in [1.54, 1.807) is 12.1 Å². The van der Waals surface area contributed by atoms with Crippen molar-refractivity contribution in [2.75, 3.05) is 26.2 Å². The molecule has 0 radical (unpaired) electrons. The Morgan fingerprint density at radius 1 is 1.55 bits per heavy atom. The van der Waals surface area contributed by atoms with E-state index in [2.05, 4.69) is 11.8 Å². The highest BCUT2D eigenvalue weighted by Crippen LogP contribution is 2.30. The maximum Gasteiger partial charge on any atom is 0.140 e. The lowest BCUT2D eigenvalue weighted by molar-refractivity contribution is -0.0676. The Labute approximate surface area is 118 Å². The van der Waals surface area contributed by atoms with Crippen LogP contribution in [0.25, 0.3) is 0 Å². The fourth-order valence-corrected chi connectivity index (χ4v) is 2.76. The zero-order chi connectivity index (χ0) is 14.5. The maximum atomic E-state index is 13.5. The number of benzene rings is 1. The summed E-state index contributed by atoms with van der Waals surface area (Å²) in [5.74, 6) is -0.487. The molecular formula is C15H20FN3O. The Kier molecular flexibility index (Phi) is 5.07. The van der Waals surface area contributed by atoms with Crippen molar-refractivity contribution in [1.82, 2.24) is 4.90 Å². The molecule has 5 heteroatoms. The van der Waals surface area contributed by atoms with Gasteiger partial charge in [-0.3, -0.25) is 4.90 Å². The van der Waals surface area contributed by atoms with Crippen LogP contribution in [0.5, 0.6) is 0 Å². The van der Waals surface area contributed by atoms with Gasteiger partial charge in [0.2, 0.25) is 0 Å². The second-order valence-corrected chi connectivity index (χ2v) is 4.98. The van der Waals surface area contributed by atoms with Gasteiger partial charge in [0.05, 0.1) is 24.3 Å². The van der Waals surface area contributed by atoms with Crippen molar-refractivity contribution in [3.63, 3.8) is 0 Å². The van der Waals surface area contributed by atoms with E-state index < -0.39 is 5.82 Å². The Morgan fingerprint density at radius 2 is 2.35 bits per heavy atom. The highest BCUT2D eigenvalue weighted by Gasteiger charge is 2.32. The Bertz CT molecular complexity index is 498. The van der Waals surface area contributed by atoms with Crippen LogP contribution < -0.4 is 5.73 Å². The molecule has 0 aromatic heterocycles. The van der Waals surface area contributed by atoms with E-state index in [0.717, 1.165) is 25.1 Å². The molecule has 1 heterocycles. The molecule has 0 amide bonds. The highest BCUT2D eigenvalue weighted by molar-refractivity contribution is 5.36. The summed E-state index contributed by atoms with van der Waals surface area (Å²) >= 11 is 0. The van der Waals surface area contributed by atoms with Crippen LogP contribution >= 0.6 is 0 Å². The van der Waals surface area contributed by atoms with Gasteiger partial charge in [0.1, 0.15) is 11.9 Å². The second-order valence-electron chi connectivity index (χ2n) is 4.98. The molecule has 2 atom stereocenters. The largest absolute Gasteiger partial charge is 0.374 e. The van der Waals surface area contributed by atoms with Gasteiger partial charge in [-0.2, -0.15) is 5.26 Å². The van der Waals surface area contributed by atoms with Gasteiger partial charge < -0.3 is 10.5 Å². The summed E-state index contributed by atoms with van der Waals surface area (Å²) in [4.78, 5) is 2.30. The van der Waals surface area contributed by atoms with E-state index in [1.165, 1.54) is 6.07 Å². The Balaban J connectivity index is 2.35. The van der Waals surface area contributed by atoms with Crippen molar-refractivity contribution in [3.8, 4) is 6.07 Å². The van der Waals surface area contributed by atoms with Crippen molar-refractivity contribution in [3.05, 3.63) is 35.1 Å². The number of nitrogens with two attached hydrogens (primary N) is 1. The minimum Gasteiger partial charge on any atom is -0.374 e. The summed E-state index contributed by atoms with van der Waals surface area (Å²) in [5.41, 5.74) is 6.76. The van der Waals surface area contributed by atoms with E-state index in [0.29, 0.717) is 13.2 Å². The number of nitrogens with zero attached hydrogens (tertiary/aromatic N) is 2. The van der Waals surface area contributed by atoms with Crippen molar-refractivity contribution < 1.29 is 9.13 Å². The van der Waals surface area contributed by atoms with Gasteiger partial charge in [-0.15, -0.1) is 0 Å². The average molecular weight is 277 g/mol. The Morgan fingerprint density at radius 3 is 3.00 bits per heavy atom. The molecule has 1 aliphatic rings. The molecule has 2 N–H and O–H groups in total. The highest BCUT2D eigenvalue weighted by atomic mass is 19.1. The molecule has 2 unspecified atom stereocenters. The lowest BCUT2D eigenvalue weighted by atomic mass is 9.96. The number of morpholine rings is 1. The molecule has 0 saturated carbocycles. The molecule has 20 heavy (non-hydrogen) atoms. The molecule has 1 aliphatic heterocycles. The van der Waals surface area contributed by atoms with Crippen LogP contribution in [0.2, 0.25) is 0 Å². The summed E-state index contributed by atoms with van der Waals surface area (Å²) in [5, 5.41) is 8.97. The lowest BCUT2D eigenvalue weighted by Gasteiger charge is -2.41. The maximum absolute atomic E-state index is 13.5. The third-order valence-corrected chi connectivity index (χ3v) is 3.65. The molecule has 4 nitrogen and oxygen atoms in total. The van der Waals surface area contributed by atoms with Gasteiger partial charge in [-0.25, -0.2) is 4.39 Å². The van der Waals surface area contributed by atoms with E-state index in [9.17, 15) is 4.39 Å². The van der Waals surface area contributed by atoms with Crippen molar-refractivity contribution in [2.24, 2.45) is 5.73 Å². The zero-order valence-electron chi connectivity index (χ0n) is 11.7. The second kappa shape index (κ2) is 6.80. The molecule has 2 rings (SSSR count). The monoisotopic (exact) mass is 277 g/mol. The Hall–Kier alpha value is -1.48. The molecule has 1 fully saturated rings. The quantitative estimate of drug-likeness (QED) is 0.911. The van der Waals surface area contributed by atoms with Gasteiger partial charge in [0.25, 0.3) is 0 Å². The van der Waals surface area contributed by atoms with Gasteiger partial charge in [-0.1, -0.05) is 13.0 Å². The first kappa shape index (κ1) is 14.9. The molecule has 108 valence electrons. The molecule has 0 spiro atoms. The first-order valence-electron chi connectivity index (χ1n) is 6.96. The SMILES string of the molecule is CCCN1CCOC(CN)C1c1ccc(F)c(C#N)c1. The van der Waals surface area contributed by atoms with E-state index >= 15 is 0 Å². The predicted octanol–water partition coefficient (Wildman–Crippen LogP) is 1.81. The zero-order valence-corrected chi connectivity index (χ0v) is 11.7.